The van der Waals surface area contributed by atoms with Crippen LogP contribution < -0.4 is 24.9 Å². The number of rotatable bonds is 10. The molecule has 182 valence electrons. The number of carbonyl (C=O) groups excluding carboxylic acids is 1. The molecular formula is C25H29NO8. The van der Waals surface area contributed by atoms with Crippen molar-refractivity contribution in [3.8, 4) is 17.2 Å². The van der Waals surface area contributed by atoms with Gasteiger partial charge in [-0.2, -0.15) is 0 Å². The fourth-order valence-electron chi connectivity index (χ4n) is 3.97. The Morgan fingerprint density at radius 1 is 1.00 bits per heavy atom. The number of ether oxygens (including phenoxy) is 4. The second kappa shape index (κ2) is 10.4. The van der Waals surface area contributed by atoms with Crippen molar-refractivity contribution in [3.05, 3.63) is 70.0 Å². The Kier molecular flexibility index (Phi) is 7.55. The SMILES string of the molecule is CCC(COC(=O)c1cc(OC)c(OC)c(OC)c1)(c1ccccc1)N(C)c1oc(=O)oc1C. The van der Waals surface area contributed by atoms with E-state index < -0.39 is 17.3 Å². The second-order valence-corrected chi connectivity index (χ2v) is 7.62. The smallest absolute Gasteiger partial charge is 0.493 e. The van der Waals surface area contributed by atoms with Crippen molar-refractivity contribution in [2.45, 2.75) is 25.8 Å². The third-order valence-corrected chi connectivity index (χ3v) is 5.90. The number of hydrogen-bond donors (Lipinski definition) is 0. The molecule has 0 saturated carbocycles. The molecule has 1 unspecified atom stereocenters. The molecule has 9 nitrogen and oxygen atoms in total. The first-order chi connectivity index (χ1) is 16.3. The van der Waals surface area contributed by atoms with E-state index >= 15 is 0 Å². The number of hydrogen-bond acceptors (Lipinski definition) is 9. The summed E-state index contributed by atoms with van der Waals surface area (Å²) in [4.78, 5) is 26.6. The average Bonchev–Trinajstić information content (AvgIpc) is 3.21. The summed E-state index contributed by atoms with van der Waals surface area (Å²) in [6, 6.07) is 12.6. The van der Waals surface area contributed by atoms with Crippen LogP contribution in [0, 0.1) is 6.92 Å². The Morgan fingerprint density at radius 2 is 1.62 bits per heavy atom. The zero-order valence-electron chi connectivity index (χ0n) is 20.2. The molecule has 0 bridgehead atoms. The van der Waals surface area contributed by atoms with Crippen LogP contribution in [0.15, 0.2) is 56.1 Å². The van der Waals surface area contributed by atoms with Gasteiger partial charge in [-0.1, -0.05) is 37.3 Å². The van der Waals surface area contributed by atoms with E-state index in [0.29, 0.717) is 29.4 Å². The minimum Gasteiger partial charge on any atom is -0.493 e. The van der Waals surface area contributed by atoms with Gasteiger partial charge in [0.2, 0.25) is 11.6 Å². The molecule has 9 heteroatoms. The van der Waals surface area contributed by atoms with E-state index in [4.69, 9.17) is 27.8 Å². The lowest BCUT2D eigenvalue weighted by molar-refractivity contribution is 0.0388. The third kappa shape index (κ3) is 4.59. The first kappa shape index (κ1) is 24.8. The van der Waals surface area contributed by atoms with E-state index in [-0.39, 0.29) is 18.1 Å². The molecule has 3 aromatic rings. The standard InChI is InChI=1S/C25H29NO8/c1-7-25(18-11-9-8-10-12-18,26(3)22-16(2)33-24(28)34-22)15-32-23(27)17-13-19(29-4)21(31-6)20(14-17)30-5/h8-14H,7,15H2,1-6H3. The highest BCUT2D eigenvalue weighted by molar-refractivity contribution is 5.91. The van der Waals surface area contributed by atoms with Gasteiger partial charge >= 0.3 is 11.8 Å². The number of likely N-dealkylation sites (N-methyl/N-ethyl adjacent to an activating group) is 1. The van der Waals surface area contributed by atoms with E-state index in [0.717, 1.165) is 5.56 Å². The Labute approximate surface area is 197 Å². The Balaban J connectivity index is 1.99. The Morgan fingerprint density at radius 3 is 2.09 bits per heavy atom. The quantitative estimate of drug-likeness (QED) is 0.403. The molecule has 0 aliphatic rings. The number of methoxy groups -OCH3 is 3. The predicted octanol–water partition coefficient (Wildman–Crippen LogP) is 4.17. The van der Waals surface area contributed by atoms with Crippen molar-refractivity contribution in [2.24, 2.45) is 0 Å². The van der Waals surface area contributed by atoms with Crippen LogP contribution in [-0.2, 0) is 10.3 Å². The first-order valence-corrected chi connectivity index (χ1v) is 10.7. The fourth-order valence-corrected chi connectivity index (χ4v) is 3.97. The molecule has 0 radical (unpaired) electrons. The van der Waals surface area contributed by atoms with Crippen LogP contribution >= 0.6 is 0 Å². The molecule has 0 amide bonds. The van der Waals surface area contributed by atoms with Crippen LogP contribution in [0.5, 0.6) is 17.2 Å². The van der Waals surface area contributed by atoms with Crippen molar-refractivity contribution in [1.82, 2.24) is 0 Å². The summed E-state index contributed by atoms with van der Waals surface area (Å²) in [5.41, 5.74) is 0.268. The summed E-state index contributed by atoms with van der Waals surface area (Å²) in [5.74, 6) is 0.271. The van der Waals surface area contributed by atoms with Crippen LogP contribution in [0.25, 0.3) is 0 Å². The van der Waals surface area contributed by atoms with Gasteiger partial charge < -0.3 is 32.7 Å². The van der Waals surface area contributed by atoms with Gasteiger partial charge in [-0.05, 0) is 31.0 Å². The molecule has 0 saturated heterocycles. The van der Waals surface area contributed by atoms with Crippen molar-refractivity contribution in [2.75, 3.05) is 39.9 Å². The fraction of sp³-hybridized carbons (Fsp3) is 0.360. The molecule has 1 heterocycles. The number of carbonyl (C=O) groups is 1. The van der Waals surface area contributed by atoms with Gasteiger partial charge in [-0.15, -0.1) is 0 Å². The van der Waals surface area contributed by atoms with Gasteiger partial charge in [-0.3, -0.25) is 0 Å². The summed E-state index contributed by atoms with van der Waals surface area (Å²) in [5, 5.41) is 0. The van der Waals surface area contributed by atoms with Crippen LogP contribution in [0.2, 0.25) is 0 Å². The molecule has 34 heavy (non-hydrogen) atoms. The lowest BCUT2D eigenvalue weighted by Crippen LogP contribution is -2.48. The maximum absolute atomic E-state index is 13.1. The van der Waals surface area contributed by atoms with E-state index in [1.54, 1.807) is 18.9 Å². The molecule has 3 rings (SSSR count). The number of anilines is 1. The molecule has 0 N–H and O–H groups in total. The van der Waals surface area contributed by atoms with Gasteiger partial charge in [0.05, 0.1) is 26.9 Å². The summed E-state index contributed by atoms with van der Waals surface area (Å²) in [6.07, 6.45) is 0.532. The van der Waals surface area contributed by atoms with E-state index in [1.807, 2.05) is 37.3 Å². The maximum atomic E-state index is 13.1. The lowest BCUT2D eigenvalue weighted by atomic mass is 9.86. The van der Waals surface area contributed by atoms with Crippen LogP contribution in [0.1, 0.15) is 35.0 Å². The number of nitrogens with zero attached hydrogens (tertiary/aromatic N) is 1. The highest BCUT2D eigenvalue weighted by atomic mass is 16.6. The molecule has 0 aliphatic heterocycles. The van der Waals surface area contributed by atoms with Crippen LogP contribution in [-0.4, -0.2) is 41.0 Å². The van der Waals surface area contributed by atoms with Crippen molar-refractivity contribution >= 4 is 11.9 Å². The zero-order valence-corrected chi connectivity index (χ0v) is 20.2. The Bertz CT molecular complexity index is 1160. The third-order valence-electron chi connectivity index (χ3n) is 5.90. The van der Waals surface area contributed by atoms with E-state index in [1.165, 1.54) is 33.5 Å². The van der Waals surface area contributed by atoms with Gasteiger partial charge in [-0.25, -0.2) is 9.59 Å². The lowest BCUT2D eigenvalue weighted by Gasteiger charge is -2.41. The number of aryl methyl sites for hydroxylation is 1. The second-order valence-electron chi connectivity index (χ2n) is 7.62. The summed E-state index contributed by atoms with van der Waals surface area (Å²) in [7, 11) is 6.20. The zero-order chi connectivity index (χ0) is 24.9. The molecular weight excluding hydrogens is 442 g/mol. The Hall–Kier alpha value is -3.88. The number of benzene rings is 2. The number of esters is 1. The minimum atomic E-state index is -0.845. The topological polar surface area (TPSA) is 101 Å². The van der Waals surface area contributed by atoms with Gasteiger partial charge in [0.1, 0.15) is 12.1 Å². The molecule has 1 aromatic heterocycles. The van der Waals surface area contributed by atoms with Crippen LogP contribution in [0.4, 0.5) is 5.88 Å². The minimum absolute atomic E-state index is 0.0339. The molecule has 2 aromatic carbocycles. The first-order valence-electron chi connectivity index (χ1n) is 10.7. The summed E-state index contributed by atoms with van der Waals surface area (Å²) >= 11 is 0. The highest BCUT2D eigenvalue weighted by Crippen LogP contribution is 2.39. The average molecular weight is 472 g/mol. The molecule has 0 fully saturated rings. The van der Waals surface area contributed by atoms with E-state index in [2.05, 4.69) is 0 Å². The highest BCUT2D eigenvalue weighted by Gasteiger charge is 2.39. The van der Waals surface area contributed by atoms with Gasteiger partial charge in [0, 0.05) is 7.05 Å². The summed E-state index contributed by atoms with van der Waals surface area (Å²) < 4.78 is 32.2. The van der Waals surface area contributed by atoms with Crippen molar-refractivity contribution in [3.63, 3.8) is 0 Å². The largest absolute Gasteiger partial charge is 0.520 e. The molecule has 0 aliphatic carbocycles. The van der Waals surface area contributed by atoms with Gasteiger partial charge in [0.25, 0.3) is 0 Å². The monoisotopic (exact) mass is 471 g/mol. The molecule has 1 atom stereocenters. The molecule has 0 spiro atoms. The van der Waals surface area contributed by atoms with E-state index in [9.17, 15) is 9.59 Å². The maximum Gasteiger partial charge on any atom is 0.520 e. The summed E-state index contributed by atoms with van der Waals surface area (Å²) in [6.45, 7) is 3.57. The van der Waals surface area contributed by atoms with Crippen LogP contribution in [0.3, 0.4) is 0 Å². The van der Waals surface area contributed by atoms with Gasteiger partial charge in [0.15, 0.2) is 17.3 Å². The van der Waals surface area contributed by atoms with Crippen molar-refractivity contribution in [1.29, 1.82) is 0 Å². The predicted molar refractivity (Wildman–Crippen MR) is 125 cm³/mol. The van der Waals surface area contributed by atoms with Crippen molar-refractivity contribution < 1.29 is 32.6 Å². The normalized spacial score (nSPS) is 12.5.